The lowest BCUT2D eigenvalue weighted by molar-refractivity contribution is 0.0670. The van der Waals surface area contributed by atoms with Gasteiger partial charge in [0.2, 0.25) is 0 Å². The number of rotatable bonds is 10. The molecule has 2 rings (SSSR count). The van der Waals surface area contributed by atoms with Crippen LogP contribution in [0.2, 0.25) is 0 Å². The average molecular weight is 270 g/mol. The topological polar surface area (TPSA) is 33.7 Å². The molecule has 1 saturated heterocycles. The molecular formula is C15H30N2O2. The molecule has 0 amide bonds. The molecule has 4 nitrogen and oxygen atoms in total. The van der Waals surface area contributed by atoms with Crippen LogP contribution in [0.5, 0.6) is 0 Å². The molecule has 2 fully saturated rings. The van der Waals surface area contributed by atoms with Crippen LogP contribution in [0.1, 0.15) is 38.5 Å². The first kappa shape index (κ1) is 15.2. The molecule has 0 radical (unpaired) electrons. The Morgan fingerprint density at radius 3 is 2.74 bits per heavy atom. The summed E-state index contributed by atoms with van der Waals surface area (Å²) in [6, 6.07) is 1.60. The first-order valence-electron chi connectivity index (χ1n) is 7.93. The van der Waals surface area contributed by atoms with Crippen LogP contribution < -0.4 is 5.32 Å². The van der Waals surface area contributed by atoms with Crippen molar-refractivity contribution in [1.82, 2.24) is 10.2 Å². The van der Waals surface area contributed by atoms with Gasteiger partial charge in [-0.05, 0) is 51.6 Å². The summed E-state index contributed by atoms with van der Waals surface area (Å²) in [5, 5.41) is 3.77. The minimum atomic E-state index is 0.709. The highest BCUT2D eigenvalue weighted by Gasteiger charge is 2.27. The fourth-order valence-corrected chi connectivity index (χ4v) is 2.76. The molecule has 2 aliphatic rings. The van der Waals surface area contributed by atoms with Crippen LogP contribution in [0.15, 0.2) is 0 Å². The molecule has 1 unspecified atom stereocenters. The fraction of sp³-hybridized carbons (Fsp3) is 1.00. The summed E-state index contributed by atoms with van der Waals surface area (Å²) in [7, 11) is 1.71. The third-order valence-corrected chi connectivity index (χ3v) is 4.00. The maximum atomic E-state index is 5.49. The standard InChI is InChI=1S/C15H30N2O2/c1-18-11-12-19-10-3-2-8-17-9-4-5-15(13-17)16-14-6-7-14/h14-16H,2-13H2,1H3. The monoisotopic (exact) mass is 270 g/mol. The lowest BCUT2D eigenvalue weighted by Crippen LogP contribution is -2.46. The summed E-state index contributed by atoms with van der Waals surface area (Å²) in [4.78, 5) is 2.62. The van der Waals surface area contributed by atoms with Crippen LogP contribution in [0.3, 0.4) is 0 Å². The molecule has 1 aliphatic carbocycles. The minimum absolute atomic E-state index is 0.709. The number of nitrogens with zero attached hydrogens (tertiary/aromatic N) is 1. The van der Waals surface area contributed by atoms with Gasteiger partial charge < -0.3 is 19.7 Å². The van der Waals surface area contributed by atoms with Gasteiger partial charge in [-0.15, -0.1) is 0 Å². The highest BCUT2D eigenvalue weighted by molar-refractivity contribution is 4.87. The molecule has 19 heavy (non-hydrogen) atoms. The van der Waals surface area contributed by atoms with Crippen molar-refractivity contribution >= 4 is 0 Å². The molecule has 1 atom stereocenters. The molecule has 0 aromatic carbocycles. The molecule has 1 N–H and O–H groups in total. The van der Waals surface area contributed by atoms with Gasteiger partial charge in [0, 0.05) is 32.3 Å². The largest absolute Gasteiger partial charge is 0.382 e. The van der Waals surface area contributed by atoms with E-state index in [1.54, 1.807) is 7.11 Å². The van der Waals surface area contributed by atoms with Crippen LogP contribution in [-0.4, -0.2) is 63.5 Å². The zero-order valence-corrected chi connectivity index (χ0v) is 12.4. The Hall–Kier alpha value is -0.160. The van der Waals surface area contributed by atoms with Gasteiger partial charge in [0.05, 0.1) is 13.2 Å². The van der Waals surface area contributed by atoms with E-state index in [1.165, 1.54) is 58.2 Å². The van der Waals surface area contributed by atoms with E-state index in [9.17, 15) is 0 Å². The van der Waals surface area contributed by atoms with E-state index in [2.05, 4.69) is 10.2 Å². The summed E-state index contributed by atoms with van der Waals surface area (Å²) in [5.74, 6) is 0. The van der Waals surface area contributed by atoms with E-state index >= 15 is 0 Å². The van der Waals surface area contributed by atoms with Gasteiger partial charge >= 0.3 is 0 Å². The van der Waals surface area contributed by atoms with Crippen molar-refractivity contribution in [1.29, 1.82) is 0 Å². The second-order valence-corrected chi connectivity index (χ2v) is 5.89. The van der Waals surface area contributed by atoms with Crippen molar-refractivity contribution in [3.8, 4) is 0 Å². The third kappa shape index (κ3) is 6.70. The van der Waals surface area contributed by atoms with E-state index in [-0.39, 0.29) is 0 Å². The van der Waals surface area contributed by atoms with Crippen LogP contribution in [-0.2, 0) is 9.47 Å². The Labute approximate surface area is 117 Å². The number of unbranched alkanes of at least 4 members (excludes halogenated alkanes) is 1. The maximum Gasteiger partial charge on any atom is 0.0700 e. The molecular weight excluding hydrogens is 240 g/mol. The predicted octanol–water partition coefficient (Wildman–Crippen LogP) is 1.65. The molecule has 0 bridgehead atoms. The second-order valence-electron chi connectivity index (χ2n) is 5.89. The van der Waals surface area contributed by atoms with Crippen LogP contribution in [0.25, 0.3) is 0 Å². The average Bonchev–Trinajstić information content (AvgIpc) is 3.22. The maximum absolute atomic E-state index is 5.49. The van der Waals surface area contributed by atoms with Crippen molar-refractivity contribution in [3.05, 3.63) is 0 Å². The molecule has 0 aromatic rings. The smallest absolute Gasteiger partial charge is 0.0700 e. The highest BCUT2D eigenvalue weighted by Crippen LogP contribution is 2.22. The molecule has 1 saturated carbocycles. The Bertz CT molecular complexity index is 234. The molecule has 1 heterocycles. The van der Waals surface area contributed by atoms with E-state index in [4.69, 9.17) is 9.47 Å². The van der Waals surface area contributed by atoms with E-state index in [1.807, 2.05) is 0 Å². The first-order valence-corrected chi connectivity index (χ1v) is 7.93. The Balaban J connectivity index is 1.45. The zero-order chi connectivity index (χ0) is 13.3. The molecule has 0 spiro atoms. The Morgan fingerprint density at radius 1 is 1.05 bits per heavy atom. The number of hydrogen-bond acceptors (Lipinski definition) is 4. The van der Waals surface area contributed by atoms with Crippen LogP contribution >= 0.6 is 0 Å². The molecule has 112 valence electrons. The zero-order valence-electron chi connectivity index (χ0n) is 12.4. The van der Waals surface area contributed by atoms with Gasteiger partial charge in [0.15, 0.2) is 0 Å². The van der Waals surface area contributed by atoms with E-state index < -0.39 is 0 Å². The second kappa shape index (κ2) is 8.90. The third-order valence-electron chi connectivity index (χ3n) is 4.00. The van der Waals surface area contributed by atoms with Gasteiger partial charge in [0.1, 0.15) is 0 Å². The molecule has 4 heteroatoms. The van der Waals surface area contributed by atoms with Crippen molar-refractivity contribution in [2.24, 2.45) is 0 Å². The summed E-state index contributed by atoms with van der Waals surface area (Å²) < 4.78 is 10.4. The fourth-order valence-electron chi connectivity index (χ4n) is 2.76. The van der Waals surface area contributed by atoms with E-state index in [0.717, 1.165) is 25.3 Å². The summed E-state index contributed by atoms with van der Waals surface area (Å²) in [5.41, 5.74) is 0. The highest BCUT2D eigenvalue weighted by atomic mass is 16.5. The summed E-state index contributed by atoms with van der Waals surface area (Å²) in [6.07, 6.45) is 7.94. The quantitative estimate of drug-likeness (QED) is 0.612. The van der Waals surface area contributed by atoms with E-state index in [0.29, 0.717) is 6.61 Å². The summed E-state index contributed by atoms with van der Waals surface area (Å²) >= 11 is 0. The summed E-state index contributed by atoms with van der Waals surface area (Å²) in [6.45, 7) is 6.08. The van der Waals surface area contributed by atoms with Gasteiger partial charge in [-0.3, -0.25) is 0 Å². The normalized spacial score (nSPS) is 24.8. The Kier molecular flexibility index (Phi) is 7.14. The molecule has 1 aliphatic heterocycles. The van der Waals surface area contributed by atoms with Crippen molar-refractivity contribution in [2.75, 3.05) is 46.6 Å². The number of piperidine rings is 1. The van der Waals surface area contributed by atoms with Gasteiger partial charge in [-0.2, -0.15) is 0 Å². The van der Waals surface area contributed by atoms with Crippen LogP contribution in [0, 0.1) is 0 Å². The van der Waals surface area contributed by atoms with Crippen molar-refractivity contribution in [3.63, 3.8) is 0 Å². The van der Waals surface area contributed by atoms with Crippen molar-refractivity contribution in [2.45, 2.75) is 50.6 Å². The van der Waals surface area contributed by atoms with Crippen molar-refractivity contribution < 1.29 is 9.47 Å². The Morgan fingerprint density at radius 2 is 1.95 bits per heavy atom. The van der Waals surface area contributed by atoms with Gasteiger partial charge in [-0.1, -0.05) is 0 Å². The lowest BCUT2D eigenvalue weighted by Gasteiger charge is -2.33. The van der Waals surface area contributed by atoms with Gasteiger partial charge in [-0.25, -0.2) is 0 Å². The van der Waals surface area contributed by atoms with Gasteiger partial charge in [0.25, 0.3) is 0 Å². The van der Waals surface area contributed by atoms with Crippen LogP contribution in [0.4, 0.5) is 0 Å². The number of nitrogens with one attached hydrogen (secondary N) is 1. The number of ether oxygens (including phenoxy) is 2. The molecule has 0 aromatic heterocycles. The lowest BCUT2D eigenvalue weighted by atomic mass is 10.1. The SMILES string of the molecule is COCCOCCCCN1CCCC(NC2CC2)C1. The number of hydrogen-bond donors (Lipinski definition) is 1. The first-order chi connectivity index (χ1) is 9.38. The minimum Gasteiger partial charge on any atom is -0.382 e. The number of likely N-dealkylation sites (tertiary alicyclic amines) is 1. The number of methoxy groups -OCH3 is 1. The predicted molar refractivity (Wildman–Crippen MR) is 77.5 cm³/mol.